The molecule has 0 saturated carbocycles. The van der Waals surface area contributed by atoms with E-state index < -0.39 is 5.60 Å². The summed E-state index contributed by atoms with van der Waals surface area (Å²) in [6.45, 7) is 11.5. The summed E-state index contributed by atoms with van der Waals surface area (Å²) < 4.78 is 11.3. The van der Waals surface area contributed by atoms with Gasteiger partial charge >= 0.3 is 13.5 Å². The zero-order chi connectivity index (χ0) is 14.0. The second-order valence-corrected chi connectivity index (χ2v) is 6.07. The van der Waals surface area contributed by atoms with Gasteiger partial charge in [-0.15, -0.1) is 0 Å². The normalized spacial score (nSPS) is 12.2. The third kappa shape index (κ3) is 4.92. The standard InChI is InChI=1S/C12H21BN2O3/c1-11(2,3)17-9-8(13-16)7-14-10(15-9)18-12(4,5)6/h7,13,16H,1-6H3. The largest absolute Gasteiger partial charge is 0.472 e. The Morgan fingerprint density at radius 3 is 2.06 bits per heavy atom. The first kappa shape index (κ1) is 14.8. The molecule has 18 heavy (non-hydrogen) atoms. The molecule has 1 heterocycles. The minimum absolute atomic E-state index is 0.165. The molecule has 0 unspecified atom stereocenters. The van der Waals surface area contributed by atoms with E-state index in [2.05, 4.69) is 9.97 Å². The first-order valence-corrected chi connectivity index (χ1v) is 5.95. The molecular weight excluding hydrogens is 231 g/mol. The van der Waals surface area contributed by atoms with E-state index in [1.807, 2.05) is 41.5 Å². The number of ether oxygens (including phenoxy) is 2. The Balaban J connectivity index is 3.02. The van der Waals surface area contributed by atoms with E-state index in [4.69, 9.17) is 9.47 Å². The molecule has 0 aliphatic rings. The molecule has 6 heteroatoms. The molecule has 1 N–H and O–H groups in total. The number of aromatic nitrogens is 2. The average Bonchev–Trinajstić information content (AvgIpc) is 2.12. The van der Waals surface area contributed by atoms with Gasteiger partial charge in [0.2, 0.25) is 5.88 Å². The molecule has 0 spiro atoms. The lowest BCUT2D eigenvalue weighted by molar-refractivity contribution is 0.104. The molecule has 0 fully saturated rings. The van der Waals surface area contributed by atoms with Gasteiger partial charge in [-0.3, -0.25) is 0 Å². The summed E-state index contributed by atoms with van der Waals surface area (Å²) in [5.41, 5.74) is -0.219. The summed E-state index contributed by atoms with van der Waals surface area (Å²) in [4.78, 5) is 8.25. The fraction of sp³-hybridized carbons (Fsp3) is 0.667. The van der Waals surface area contributed by atoms with Crippen LogP contribution in [0.3, 0.4) is 0 Å². The number of rotatable bonds is 3. The van der Waals surface area contributed by atoms with Crippen molar-refractivity contribution in [1.29, 1.82) is 0 Å². The van der Waals surface area contributed by atoms with Crippen LogP contribution in [0.4, 0.5) is 0 Å². The Morgan fingerprint density at radius 1 is 1.06 bits per heavy atom. The summed E-state index contributed by atoms with van der Waals surface area (Å²) in [5, 5.41) is 9.24. The molecule has 1 aromatic rings. The van der Waals surface area contributed by atoms with Crippen LogP contribution in [0.1, 0.15) is 41.5 Å². The van der Waals surface area contributed by atoms with Gasteiger partial charge in [-0.25, -0.2) is 4.98 Å². The highest BCUT2D eigenvalue weighted by Gasteiger charge is 2.20. The van der Waals surface area contributed by atoms with Gasteiger partial charge in [0.1, 0.15) is 11.2 Å². The fourth-order valence-corrected chi connectivity index (χ4v) is 1.19. The van der Waals surface area contributed by atoms with Crippen LogP contribution in [0.15, 0.2) is 6.20 Å². The molecule has 100 valence electrons. The van der Waals surface area contributed by atoms with E-state index in [-0.39, 0.29) is 19.1 Å². The highest BCUT2D eigenvalue weighted by atomic mass is 16.5. The molecule has 0 saturated heterocycles. The van der Waals surface area contributed by atoms with Crippen LogP contribution in [-0.4, -0.2) is 33.7 Å². The Morgan fingerprint density at radius 2 is 1.61 bits per heavy atom. The summed E-state index contributed by atoms with van der Waals surface area (Å²) in [7, 11) is -0.165. The summed E-state index contributed by atoms with van der Waals surface area (Å²) in [6, 6.07) is 0.249. The maximum Gasteiger partial charge on any atom is 0.320 e. The summed E-state index contributed by atoms with van der Waals surface area (Å²) >= 11 is 0. The third-order valence-electron chi connectivity index (χ3n) is 1.77. The van der Waals surface area contributed by atoms with Crippen LogP contribution < -0.4 is 14.9 Å². The van der Waals surface area contributed by atoms with Crippen LogP contribution in [-0.2, 0) is 0 Å². The quantitative estimate of drug-likeness (QED) is 0.806. The van der Waals surface area contributed by atoms with Gasteiger partial charge in [0.15, 0.2) is 0 Å². The molecule has 0 aliphatic carbocycles. The predicted molar refractivity (Wildman–Crippen MR) is 71.8 cm³/mol. The van der Waals surface area contributed by atoms with Gasteiger partial charge in [0.25, 0.3) is 0 Å². The summed E-state index contributed by atoms with van der Waals surface area (Å²) in [6.07, 6.45) is 1.52. The van der Waals surface area contributed by atoms with Crippen molar-refractivity contribution in [3.05, 3.63) is 6.20 Å². The minimum Gasteiger partial charge on any atom is -0.472 e. The van der Waals surface area contributed by atoms with Gasteiger partial charge < -0.3 is 14.5 Å². The first-order valence-electron chi connectivity index (χ1n) is 5.95. The smallest absolute Gasteiger partial charge is 0.320 e. The van der Waals surface area contributed by atoms with Crippen LogP contribution in [0, 0.1) is 0 Å². The van der Waals surface area contributed by atoms with Crippen LogP contribution in [0.2, 0.25) is 0 Å². The average molecular weight is 252 g/mol. The lowest BCUT2D eigenvalue weighted by Crippen LogP contribution is -2.31. The van der Waals surface area contributed by atoms with Crippen molar-refractivity contribution in [3.63, 3.8) is 0 Å². The number of hydrogen-bond acceptors (Lipinski definition) is 5. The second kappa shape index (κ2) is 5.14. The van der Waals surface area contributed by atoms with Gasteiger partial charge in [-0.1, -0.05) is 0 Å². The molecule has 1 aromatic heterocycles. The lowest BCUT2D eigenvalue weighted by atomic mass is 9.91. The van der Waals surface area contributed by atoms with E-state index in [1.54, 1.807) is 0 Å². The zero-order valence-electron chi connectivity index (χ0n) is 11.9. The Kier molecular flexibility index (Phi) is 4.22. The van der Waals surface area contributed by atoms with E-state index in [0.717, 1.165) is 0 Å². The van der Waals surface area contributed by atoms with Crippen molar-refractivity contribution in [2.24, 2.45) is 0 Å². The molecule has 0 aliphatic heterocycles. The van der Waals surface area contributed by atoms with Crippen LogP contribution in [0.5, 0.6) is 11.9 Å². The maximum absolute atomic E-state index is 9.24. The zero-order valence-corrected chi connectivity index (χ0v) is 11.9. The molecule has 5 nitrogen and oxygen atoms in total. The number of hydrogen-bond donors (Lipinski definition) is 1. The highest BCUT2D eigenvalue weighted by molar-refractivity contribution is 6.46. The second-order valence-electron chi connectivity index (χ2n) is 6.07. The minimum atomic E-state index is -0.392. The van der Waals surface area contributed by atoms with E-state index in [1.165, 1.54) is 6.20 Å². The SMILES string of the molecule is CC(C)(C)Oc1ncc(BO)c(OC(C)(C)C)n1. The molecule has 0 amide bonds. The van der Waals surface area contributed by atoms with Crippen molar-refractivity contribution >= 4 is 12.9 Å². The van der Waals surface area contributed by atoms with Crippen molar-refractivity contribution in [2.75, 3.05) is 0 Å². The highest BCUT2D eigenvalue weighted by Crippen LogP contribution is 2.18. The predicted octanol–water partition coefficient (Wildman–Crippen LogP) is 0.800. The Hall–Kier alpha value is -1.30. The molecule has 0 aromatic carbocycles. The molecule has 0 radical (unpaired) electrons. The maximum atomic E-state index is 9.24. The van der Waals surface area contributed by atoms with Crippen molar-refractivity contribution in [2.45, 2.75) is 52.7 Å². The Labute approximate surface area is 109 Å². The van der Waals surface area contributed by atoms with E-state index in [9.17, 15) is 5.02 Å². The third-order valence-corrected chi connectivity index (χ3v) is 1.77. The van der Waals surface area contributed by atoms with E-state index >= 15 is 0 Å². The molecule has 1 rings (SSSR count). The topological polar surface area (TPSA) is 64.5 Å². The van der Waals surface area contributed by atoms with Crippen molar-refractivity contribution < 1.29 is 14.5 Å². The van der Waals surface area contributed by atoms with Gasteiger partial charge in [0, 0.05) is 11.7 Å². The van der Waals surface area contributed by atoms with Crippen molar-refractivity contribution in [3.8, 4) is 11.9 Å². The Bertz CT molecular complexity index is 411. The number of nitrogens with zero attached hydrogens (tertiary/aromatic N) is 2. The van der Waals surface area contributed by atoms with Crippen molar-refractivity contribution in [1.82, 2.24) is 9.97 Å². The monoisotopic (exact) mass is 252 g/mol. The first-order chi connectivity index (χ1) is 8.11. The van der Waals surface area contributed by atoms with Gasteiger partial charge in [0.05, 0.1) is 0 Å². The molecule has 0 atom stereocenters. The van der Waals surface area contributed by atoms with E-state index in [0.29, 0.717) is 11.3 Å². The molecule has 0 bridgehead atoms. The lowest BCUT2D eigenvalue weighted by Gasteiger charge is -2.23. The summed E-state index contributed by atoms with van der Waals surface area (Å²) in [5.74, 6) is 0.360. The van der Waals surface area contributed by atoms with Crippen LogP contribution >= 0.6 is 0 Å². The molecular formula is C12H21BN2O3. The fourth-order valence-electron chi connectivity index (χ4n) is 1.19. The van der Waals surface area contributed by atoms with Gasteiger partial charge in [-0.05, 0) is 41.5 Å². The van der Waals surface area contributed by atoms with Gasteiger partial charge in [-0.2, -0.15) is 4.98 Å². The van der Waals surface area contributed by atoms with Crippen LogP contribution in [0.25, 0.3) is 0 Å².